The van der Waals surface area contributed by atoms with E-state index in [2.05, 4.69) is 5.32 Å². The Balaban J connectivity index is 1.83. The number of hydrogen-bond acceptors (Lipinski definition) is 5. The summed E-state index contributed by atoms with van der Waals surface area (Å²) in [6.45, 7) is 3.29. The van der Waals surface area contributed by atoms with E-state index >= 15 is 0 Å². The Bertz CT molecular complexity index is 1130. The summed E-state index contributed by atoms with van der Waals surface area (Å²) in [4.78, 5) is 36.9. The van der Waals surface area contributed by atoms with Crippen molar-refractivity contribution in [2.75, 3.05) is 12.4 Å². The summed E-state index contributed by atoms with van der Waals surface area (Å²) >= 11 is 0. The van der Waals surface area contributed by atoms with E-state index in [1.54, 1.807) is 37.7 Å². The number of anilines is 1. The van der Waals surface area contributed by atoms with Crippen molar-refractivity contribution in [3.8, 4) is 17.2 Å². The topological polar surface area (TPSA) is 91.6 Å². The van der Waals surface area contributed by atoms with Crippen molar-refractivity contribution >= 4 is 17.9 Å². The number of benzene rings is 2. The lowest BCUT2D eigenvalue weighted by Crippen LogP contribution is -2.32. The highest BCUT2D eigenvalue weighted by molar-refractivity contribution is 5.94. The molecule has 0 saturated heterocycles. The van der Waals surface area contributed by atoms with Gasteiger partial charge in [-0.1, -0.05) is 18.2 Å². The van der Waals surface area contributed by atoms with Gasteiger partial charge in [0.15, 0.2) is 12.4 Å². The van der Waals surface area contributed by atoms with Gasteiger partial charge >= 0.3 is 0 Å². The van der Waals surface area contributed by atoms with Crippen LogP contribution in [0.3, 0.4) is 0 Å². The fourth-order valence-corrected chi connectivity index (χ4v) is 3.03. The van der Waals surface area contributed by atoms with Gasteiger partial charge in [0, 0.05) is 7.05 Å². The molecule has 30 heavy (non-hydrogen) atoms. The highest BCUT2D eigenvalue weighted by Crippen LogP contribution is 2.24. The molecule has 0 bridgehead atoms. The monoisotopic (exact) mass is 409 g/mol. The molecule has 1 amide bonds. The lowest BCUT2D eigenvalue weighted by molar-refractivity contribution is -0.122. The SMILES string of the molecule is COc1ccc(O[C@H](C)C(=O)Nc2c(C)n(C)n(-c3ccccc3)c2=O)c(C=O)c1. The first-order valence-electron chi connectivity index (χ1n) is 9.32. The Kier molecular flexibility index (Phi) is 6.06. The van der Waals surface area contributed by atoms with Crippen molar-refractivity contribution < 1.29 is 19.1 Å². The number of hydrogen-bond donors (Lipinski definition) is 1. The van der Waals surface area contributed by atoms with Gasteiger partial charge in [-0.2, -0.15) is 0 Å². The van der Waals surface area contributed by atoms with Gasteiger partial charge in [0.25, 0.3) is 11.5 Å². The second kappa shape index (κ2) is 8.69. The van der Waals surface area contributed by atoms with Crippen LogP contribution in [0, 0.1) is 6.92 Å². The summed E-state index contributed by atoms with van der Waals surface area (Å²) in [6, 6.07) is 13.8. The molecule has 2 aromatic carbocycles. The minimum atomic E-state index is -0.943. The number of amides is 1. The average Bonchev–Trinajstić information content (AvgIpc) is 2.97. The van der Waals surface area contributed by atoms with E-state index in [0.29, 0.717) is 23.4 Å². The van der Waals surface area contributed by atoms with Gasteiger partial charge in [0.05, 0.1) is 24.1 Å². The van der Waals surface area contributed by atoms with Gasteiger partial charge in [-0.15, -0.1) is 0 Å². The summed E-state index contributed by atoms with van der Waals surface area (Å²) in [5.74, 6) is 0.247. The van der Waals surface area contributed by atoms with Crippen molar-refractivity contribution in [3.05, 3.63) is 70.1 Å². The summed E-state index contributed by atoms with van der Waals surface area (Å²) in [7, 11) is 3.23. The average molecular weight is 409 g/mol. The molecule has 8 heteroatoms. The second-order valence-corrected chi connectivity index (χ2v) is 6.71. The zero-order chi connectivity index (χ0) is 21.8. The van der Waals surface area contributed by atoms with E-state index in [0.717, 1.165) is 0 Å². The number of para-hydroxylation sites is 1. The van der Waals surface area contributed by atoms with Crippen LogP contribution in [-0.2, 0) is 11.8 Å². The smallest absolute Gasteiger partial charge is 0.295 e. The van der Waals surface area contributed by atoms with E-state index in [-0.39, 0.29) is 22.6 Å². The van der Waals surface area contributed by atoms with Crippen LogP contribution in [0.5, 0.6) is 11.5 Å². The fourth-order valence-electron chi connectivity index (χ4n) is 3.03. The van der Waals surface area contributed by atoms with E-state index in [9.17, 15) is 14.4 Å². The first-order chi connectivity index (χ1) is 14.4. The highest BCUT2D eigenvalue weighted by Gasteiger charge is 2.22. The van der Waals surface area contributed by atoms with E-state index in [1.807, 2.05) is 30.3 Å². The number of carbonyl (C=O) groups is 2. The molecule has 1 aromatic heterocycles. The Morgan fingerprint density at radius 1 is 1.17 bits per heavy atom. The minimum Gasteiger partial charge on any atom is -0.497 e. The van der Waals surface area contributed by atoms with Gasteiger partial charge < -0.3 is 14.8 Å². The number of methoxy groups -OCH3 is 1. The predicted molar refractivity (Wildman–Crippen MR) is 113 cm³/mol. The number of ether oxygens (including phenoxy) is 2. The Hall–Kier alpha value is -3.81. The van der Waals surface area contributed by atoms with Crippen molar-refractivity contribution in [1.29, 1.82) is 0 Å². The molecule has 3 rings (SSSR count). The second-order valence-electron chi connectivity index (χ2n) is 6.71. The molecule has 1 heterocycles. The normalized spacial score (nSPS) is 11.6. The zero-order valence-corrected chi connectivity index (χ0v) is 17.2. The van der Waals surface area contributed by atoms with Crippen molar-refractivity contribution in [3.63, 3.8) is 0 Å². The van der Waals surface area contributed by atoms with Crippen molar-refractivity contribution in [1.82, 2.24) is 9.36 Å². The van der Waals surface area contributed by atoms with Crippen LogP contribution in [0.1, 0.15) is 23.0 Å². The molecule has 0 radical (unpaired) electrons. The third-order valence-corrected chi connectivity index (χ3v) is 4.82. The van der Waals surface area contributed by atoms with Crippen LogP contribution in [0.25, 0.3) is 5.69 Å². The third-order valence-electron chi connectivity index (χ3n) is 4.82. The minimum absolute atomic E-state index is 0.173. The molecule has 0 unspecified atom stereocenters. The molecular formula is C22H23N3O5. The Labute approximate surface area is 173 Å². The maximum atomic E-state index is 12.9. The molecule has 0 aliphatic heterocycles. The quantitative estimate of drug-likeness (QED) is 0.606. The summed E-state index contributed by atoms with van der Waals surface area (Å²) < 4.78 is 13.9. The van der Waals surface area contributed by atoms with Gasteiger partial charge in [-0.3, -0.25) is 19.1 Å². The van der Waals surface area contributed by atoms with Gasteiger partial charge in [-0.25, -0.2) is 4.68 Å². The predicted octanol–water partition coefficient (Wildman–Crippen LogP) is 2.71. The van der Waals surface area contributed by atoms with Crippen LogP contribution in [0.15, 0.2) is 53.3 Å². The molecule has 0 spiro atoms. The highest BCUT2D eigenvalue weighted by atomic mass is 16.5. The van der Waals surface area contributed by atoms with Crippen LogP contribution in [-0.4, -0.2) is 34.8 Å². The maximum Gasteiger partial charge on any atom is 0.295 e. The number of carbonyl (C=O) groups excluding carboxylic acids is 2. The first-order valence-corrected chi connectivity index (χ1v) is 9.32. The Morgan fingerprint density at radius 3 is 2.50 bits per heavy atom. The number of aromatic nitrogens is 2. The van der Waals surface area contributed by atoms with Gasteiger partial charge in [0.2, 0.25) is 0 Å². The lowest BCUT2D eigenvalue weighted by Gasteiger charge is -2.16. The number of rotatable bonds is 7. The summed E-state index contributed by atoms with van der Waals surface area (Å²) in [5.41, 5.74) is 1.37. The summed E-state index contributed by atoms with van der Waals surface area (Å²) in [6.07, 6.45) is -0.316. The molecule has 0 fully saturated rings. The van der Waals surface area contributed by atoms with E-state index in [1.165, 1.54) is 17.9 Å². The molecule has 1 atom stereocenters. The van der Waals surface area contributed by atoms with Crippen molar-refractivity contribution in [2.45, 2.75) is 20.0 Å². The van der Waals surface area contributed by atoms with Crippen LogP contribution >= 0.6 is 0 Å². The fraction of sp³-hybridized carbons (Fsp3) is 0.227. The molecule has 8 nitrogen and oxygen atoms in total. The largest absolute Gasteiger partial charge is 0.497 e. The number of nitrogens with zero attached hydrogens (tertiary/aromatic N) is 2. The molecule has 0 saturated carbocycles. The zero-order valence-electron chi connectivity index (χ0n) is 17.2. The third kappa shape index (κ3) is 3.98. The lowest BCUT2D eigenvalue weighted by atomic mass is 10.2. The van der Waals surface area contributed by atoms with E-state index < -0.39 is 12.0 Å². The Morgan fingerprint density at radius 2 is 1.87 bits per heavy atom. The van der Waals surface area contributed by atoms with Gasteiger partial charge in [-0.05, 0) is 44.2 Å². The molecule has 0 aliphatic carbocycles. The maximum absolute atomic E-state index is 12.9. The van der Waals surface area contributed by atoms with Crippen LogP contribution in [0.4, 0.5) is 5.69 Å². The van der Waals surface area contributed by atoms with E-state index in [4.69, 9.17) is 9.47 Å². The summed E-state index contributed by atoms with van der Waals surface area (Å²) in [5, 5.41) is 2.66. The molecule has 1 N–H and O–H groups in total. The van der Waals surface area contributed by atoms with Crippen LogP contribution in [0.2, 0.25) is 0 Å². The number of nitrogens with one attached hydrogen (secondary N) is 1. The number of aldehydes is 1. The van der Waals surface area contributed by atoms with Gasteiger partial charge in [0.1, 0.15) is 17.2 Å². The molecule has 0 aliphatic rings. The standard InChI is InChI=1S/C22H23N3O5/c1-14-20(22(28)25(24(14)3)17-8-6-5-7-9-17)23-21(27)15(2)30-19-11-10-18(29-4)12-16(19)13-26/h5-13,15H,1-4H3,(H,23,27)/t15-/m1/s1. The molecule has 3 aromatic rings. The molecular weight excluding hydrogens is 386 g/mol. The molecule has 156 valence electrons. The van der Waals surface area contributed by atoms with Crippen molar-refractivity contribution in [2.24, 2.45) is 7.05 Å². The van der Waals surface area contributed by atoms with Crippen LogP contribution < -0.4 is 20.3 Å². The first kappa shape index (κ1) is 20.9.